The molecule has 66 valence electrons. The Morgan fingerprint density at radius 2 is 2.42 bits per heavy atom. The predicted molar refractivity (Wildman–Crippen MR) is 44.6 cm³/mol. The second-order valence-electron chi connectivity index (χ2n) is 2.98. The third kappa shape index (κ3) is 1.49. The van der Waals surface area contributed by atoms with Crippen molar-refractivity contribution in [3.63, 3.8) is 0 Å². The summed E-state index contributed by atoms with van der Waals surface area (Å²) in [6, 6.07) is 0. The third-order valence-electron chi connectivity index (χ3n) is 2.14. The standard InChI is InChI=1S/C7H12N4O/c1-3-7(2,4-10-12)11-6-8-5-9-11/h5-6H,3-4H2,1-2H3. The number of rotatable bonds is 4. The Morgan fingerprint density at radius 3 is 2.83 bits per heavy atom. The van der Waals surface area contributed by atoms with E-state index in [1.54, 1.807) is 11.0 Å². The lowest BCUT2D eigenvalue weighted by molar-refractivity contribution is 0.284. The highest BCUT2D eigenvalue weighted by molar-refractivity contribution is 4.82. The lowest BCUT2D eigenvalue weighted by Gasteiger charge is -2.24. The molecule has 0 spiro atoms. The summed E-state index contributed by atoms with van der Waals surface area (Å²) in [7, 11) is 0. The first-order valence-electron chi connectivity index (χ1n) is 3.87. The van der Waals surface area contributed by atoms with Crippen LogP contribution in [0.3, 0.4) is 0 Å². The quantitative estimate of drug-likeness (QED) is 0.634. The molecule has 1 aromatic rings. The average molecular weight is 168 g/mol. The average Bonchev–Trinajstić information content (AvgIpc) is 2.57. The van der Waals surface area contributed by atoms with Crippen LogP contribution in [0.25, 0.3) is 0 Å². The normalized spacial score (nSPS) is 15.5. The van der Waals surface area contributed by atoms with Gasteiger partial charge in [0.25, 0.3) is 0 Å². The zero-order valence-electron chi connectivity index (χ0n) is 7.27. The Bertz CT molecular complexity index is 246. The number of hydrogen-bond acceptors (Lipinski definition) is 4. The van der Waals surface area contributed by atoms with Crippen LogP contribution in [0.2, 0.25) is 0 Å². The molecule has 0 bridgehead atoms. The molecule has 0 saturated carbocycles. The Hall–Kier alpha value is -1.26. The van der Waals surface area contributed by atoms with E-state index in [1.807, 2.05) is 13.8 Å². The maximum absolute atomic E-state index is 10.2. The van der Waals surface area contributed by atoms with Crippen LogP contribution in [0.4, 0.5) is 0 Å². The molecule has 0 N–H and O–H groups in total. The van der Waals surface area contributed by atoms with Gasteiger partial charge in [-0.3, -0.25) is 0 Å². The van der Waals surface area contributed by atoms with Crippen molar-refractivity contribution in [2.75, 3.05) is 6.54 Å². The van der Waals surface area contributed by atoms with Crippen LogP contribution in [-0.4, -0.2) is 21.3 Å². The van der Waals surface area contributed by atoms with Gasteiger partial charge in [-0.1, -0.05) is 12.1 Å². The third-order valence-corrected chi connectivity index (χ3v) is 2.14. The number of nitrogens with zero attached hydrogens (tertiary/aromatic N) is 4. The van der Waals surface area contributed by atoms with Gasteiger partial charge in [-0.05, 0) is 13.3 Å². The first-order chi connectivity index (χ1) is 5.73. The molecule has 0 aliphatic carbocycles. The minimum Gasteiger partial charge on any atom is -0.245 e. The van der Waals surface area contributed by atoms with Crippen molar-refractivity contribution >= 4 is 0 Å². The molecule has 5 heteroatoms. The van der Waals surface area contributed by atoms with Crippen molar-refractivity contribution in [1.29, 1.82) is 0 Å². The molecule has 1 unspecified atom stereocenters. The topological polar surface area (TPSA) is 60.1 Å². The van der Waals surface area contributed by atoms with Crippen LogP contribution < -0.4 is 0 Å². The smallest absolute Gasteiger partial charge is 0.137 e. The summed E-state index contributed by atoms with van der Waals surface area (Å²) in [5, 5.41) is 6.88. The van der Waals surface area contributed by atoms with Crippen LogP contribution in [0.15, 0.2) is 17.8 Å². The van der Waals surface area contributed by atoms with E-state index in [0.717, 1.165) is 6.42 Å². The fourth-order valence-corrected chi connectivity index (χ4v) is 0.972. The van der Waals surface area contributed by atoms with E-state index in [0.29, 0.717) is 0 Å². The van der Waals surface area contributed by atoms with Gasteiger partial charge in [0.1, 0.15) is 19.2 Å². The monoisotopic (exact) mass is 168 g/mol. The van der Waals surface area contributed by atoms with Crippen LogP contribution in [0.5, 0.6) is 0 Å². The van der Waals surface area contributed by atoms with Crippen LogP contribution >= 0.6 is 0 Å². The Kier molecular flexibility index (Phi) is 2.52. The molecule has 0 fully saturated rings. The summed E-state index contributed by atoms with van der Waals surface area (Å²) in [4.78, 5) is 14.0. The molecule has 0 aliphatic heterocycles. The maximum atomic E-state index is 10.2. The molecule has 1 heterocycles. The van der Waals surface area contributed by atoms with Gasteiger partial charge < -0.3 is 0 Å². The van der Waals surface area contributed by atoms with Gasteiger partial charge in [-0.2, -0.15) is 10.0 Å². The minimum absolute atomic E-state index is 0.229. The summed E-state index contributed by atoms with van der Waals surface area (Å²) in [5.74, 6) is 0. The van der Waals surface area contributed by atoms with Crippen molar-refractivity contribution < 1.29 is 0 Å². The first kappa shape index (κ1) is 8.83. The van der Waals surface area contributed by atoms with Gasteiger partial charge in [-0.15, -0.1) is 0 Å². The minimum atomic E-state index is -0.321. The highest BCUT2D eigenvalue weighted by Gasteiger charge is 2.25. The van der Waals surface area contributed by atoms with Gasteiger partial charge in [0, 0.05) is 0 Å². The fourth-order valence-electron chi connectivity index (χ4n) is 0.972. The number of aromatic nitrogens is 3. The fraction of sp³-hybridized carbons (Fsp3) is 0.714. The van der Waals surface area contributed by atoms with Crippen molar-refractivity contribution in [2.24, 2.45) is 5.18 Å². The molecule has 0 radical (unpaired) electrons. The zero-order valence-corrected chi connectivity index (χ0v) is 7.27. The molecular weight excluding hydrogens is 156 g/mol. The Labute approximate surface area is 70.8 Å². The molecule has 1 aromatic heterocycles. The zero-order chi connectivity index (χ0) is 9.03. The SMILES string of the molecule is CCC(C)(CN=O)n1cncn1. The van der Waals surface area contributed by atoms with Crippen molar-refractivity contribution in [2.45, 2.75) is 25.8 Å². The van der Waals surface area contributed by atoms with Crippen LogP contribution in [-0.2, 0) is 5.54 Å². The Morgan fingerprint density at radius 1 is 1.67 bits per heavy atom. The van der Waals surface area contributed by atoms with Crippen molar-refractivity contribution in [3.05, 3.63) is 17.6 Å². The molecular formula is C7H12N4O. The molecule has 0 aromatic carbocycles. The Balaban J connectivity index is 2.87. The summed E-state index contributed by atoms with van der Waals surface area (Å²) in [5.41, 5.74) is -0.321. The van der Waals surface area contributed by atoms with E-state index in [4.69, 9.17) is 0 Å². The van der Waals surface area contributed by atoms with Crippen molar-refractivity contribution in [3.8, 4) is 0 Å². The molecule has 5 nitrogen and oxygen atoms in total. The summed E-state index contributed by atoms with van der Waals surface area (Å²) < 4.78 is 1.68. The second-order valence-corrected chi connectivity index (χ2v) is 2.98. The van der Waals surface area contributed by atoms with E-state index < -0.39 is 0 Å². The van der Waals surface area contributed by atoms with Crippen molar-refractivity contribution in [1.82, 2.24) is 14.8 Å². The van der Waals surface area contributed by atoms with Crippen LogP contribution in [0.1, 0.15) is 20.3 Å². The van der Waals surface area contributed by atoms with E-state index in [1.165, 1.54) is 6.33 Å². The molecule has 12 heavy (non-hydrogen) atoms. The number of hydrogen-bond donors (Lipinski definition) is 0. The van der Waals surface area contributed by atoms with E-state index >= 15 is 0 Å². The molecule has 1 rings (SSSR count). The highest BCUT2D eigenvalue weighted by Crippen LogP contribution is 2.18. The highest BCUT2D eigenvalue weighted by atomic mass is 16.3. The van der Waals surface area contributed by atoms with Gasteiger partial charge >= 0.3 is 0 Å². The molecule has 0 saturated heterocycles. The van der Waals surface area contributed by atoms with Crippen LogP contribution in [0, 0.1) is 4.91 Å². The lowest BCUT2D eigenvalue weighted by atomic mass is 10.00. The molecule has 0 amide bonds. The molecule has 0 aliphatic rings. The number of nitroso groups, excluding NO2 is 1. The van der Waals surface area contributed by atoms with Gasteiger partial charge in [0.05, 0.1) is 5.54 Å². The van der Waals surface area contributed by atoms with E-state index in [9.17, 15) is 4.91 Å². The maximum Gasteiger partial charge on any atom is 0.137 e. The van der Waals surface area contributed by atoms with Gasteiger partial charge in [0.2, 0.25) is 0 Å². The summed E-state index contributed by atoms with van der Waals surface area (Å²) >= 11 is 0. The van der Waals surface area contributed by atoms with E-state index in [-0.39, 0.29) is 12.1 Å². The largest absolute Gasteiger partial charge is 0.245 e. The van der Waals surface area contributed by atoms with Gasteiger partial charge in [0.15, 0.2) is 0 Å². The second kappa shape index (κ2) is 3.42. The lowest BCUT2D eigenvalue weighted by Crippen LogP contribution is -2.33. The molecule has 1 atom stereocenters. The summed E-state index contributed by atoms with van der Waals surface area (Å²) in [6.45, 7) is 4.16. The van der Waals surface area contributed by atoms with E-state index in [2.05, 4.69) is 15.3 Å². The predicted octanol–water partition coefficient (Wildman–Crippen LogP) is 1.17. The summed E-state index contributed by atoms with van der Waals surface area (Å²) in [6.07, 6.45) is 3.87. The van der Waals surface area contributed by atoms with Gasteiger partial charge in [-0.25, -0.2) is 9.67 Å². The first-order valence-corrected chi connectivity index (χ1v) is 3.87.